The van der Waals surface area contributed by atoms with E-state index in [9.17, 15) is 5.26 Å². The van der Waals surface area contributed by atoms with E-state index in [4.69, 9.17) is 4.42 Å². The summed E-state index contributed by atoms with van der Waals surface area (Å²) in [6.45, 7) is 11.3. The minimum Gasteiger partial charge on any atom is -0.424 e. The van der Waals surface area contributed by atoms with Crippen molar-refractivity contribution in [2.75, 3.05) is 26.0 Å². The van der Waals surface area contributed by atoms with Gasteiger partial charge in [0.05, 0.1) is 6.04 Å². The number of oxazole rings is 1. The fraction of sp³-hybridized carbons (Fsp3) is 0.524. The summed E-state index contributed by atoms with van der Waals surface area (Å²) in [6, 6.07) is 11.0. The van der Waals surface area contributed by atoms with E-state index in [1.807, 2.05) is 13.8 Å². The minimum absolute atomic E-state index is 0.138. The predicted molar refractivity (Wildman–Crippen MR) is 105 cm³/mol. The molecule has 0 saturated heterocycles. The molecule has 140 valence electrons. The van der Waals surface area contributed by atoms with Crippen molar-refractivity contribution in [3.05, 3.63) is 47.0 Å². The first kappa shape index (κ1) is 20.0. The SMILES string of the molecule is CC(C)c1nc(C#N)c(NCC(c2ccc(C(C)(C)C)cc2)N(C)C)o1. The number of aromatic nitrogens is 1. The number of nitriles is 1. The first-order chi connectivity index (χ1) is 12.1. The van der Waals surface area contributed by atoms with Gasteiger partial charge in [-0.25, -0.2) is 4.98 Å². The number of hydrogen-bond acceptors (Lipinski definition) is 5. The Bertz CT molecular complexity index is 761. The number of likely N-dealkylation sites (N-methyl/N-ethyl adjacent to an activating group) is 1. The molecular weight excluding hydrogens is 324 g/mol. The van der Waals surface area contributed by atoms with Gasteiger partial charge in [-0.15, -0.1) is 0 Å². The fourth-order valence-electron chi connectivity index (χ4n) is 2.77. The Morgan fingerprint density at radius 2 is 1.81 bits per heavy atom. The summed E-state index contributed by atoms with van der Waals surface area (Å²) < 4.78 is 5.73. The molecule has 0 aliphatic rings. The lowest BCUT2D eigenvalue weighted by Gasteiger charge is -2.26. The van der Waals surface area contributed by atoms with Crippen molar-refractivity contribution in [3.63, 3.8) is 0 Å². The van der Waals surface area contributed by atoms with Crippen LogP contribution in [0, 0.1) is 11.3 Å². The van der Waals surface area contributed by atoms with Gasteiger partial charge in [-0.1, -0.05) is 58.9 Å². The topological polar surface area (TPSA) is 65.1 Å². The molecule has 1 aromatic carbocycles. The minimum atomic E-state index is 0.138. The second-order valence-electron chi connectivity index (χ2n) is 8.23. The van der Waals surface area contributed by atoms with Crippen LogP contribution in [0.1, 0.15) is 69.3 Å². The summed E-state index contributed by atoms with van der Waals surface area (Å²) in [5, 5.41) is 12.6. The molecule has 1 atom stereocenters. The van der Waals surface area contributed by atoms with Gasteiger partial charge >= 0.3 is 0 Å². The van der Waals surface area contributed by atoms with Gasteiger partial charge in [0.2, 0.25) is 17.5 Å². The molecule has 2 aromatic rings. The Kier molecular flexibility index (Phi) is 6.09. The van der Waals surface area contributed by atoms with Gasteiger partial charge < -0.3 is 14.6 Å². The number of rotatable bonds is 6. The number of hydrogen-bond donors (Lipinski definition) is 1. The smallest absolute Gasteiger partial charge is 0.232 e. The maximum Gasteiger partial charge on any atom is 0.232 e. The van der Waals surface area contributed by atoms with Crippen LogP contribution in [-0.4, -0.2) is 30.5 Å². The molecule has 0 aliphatic heterocycles. The van der Waals surface area contributed by atoms with Gasteiger partial charge in [0.25, 0.3) is 0 Å². The average Bonchev–Trinajstić information content (AvgIpc) is 2.98. The Morgan fingerprint density at radius 1 is 1.19 bits per heavy atom. The molecule has 26 heavy (non-hydrogen) atoms. The third-order valence-corrected chi connectivity index (χ3v) is 4.48. The molecule has 2 rings (SSSR count). The standard InChI is InChI=1S/C21H30N4O/c1-14(2)19-24-17(12-22)20(26-19)23-13-18(25(6)7)15-8-10-16(11-9-15)21(3,4)5/h8-11,14,18,23H,13H2,1-7H3. The van der Waals surface area contributed by atoms with Crippen molar-refractivity contribution in [2.24, 2.45) is 0 Å². The lowest BCUT2D eigenvalue weighted by molar-refractivity contribution is 0.310. The van der Waals surface area contributed by atoms with Gasteiger partial charge in [-0.2, -0.15) is 5.26 Å². The van der Waals surface area contributed by atoms with Crippen LogP contribution in [0.25, 0.3) is 0 Å². The van der Waals surface area contributed by atoms with E-state index >= 15 is 0 Å². The first-order valence-electron chi connectivity index (χ1n) is 9.05. The summed E-state index contributed by atoms with van der Waals surface area (Å²) in [5.41, 5.74) is 2.99. The molecule has 1 aromatic heterocycles. The number of anilines is 1. The van der Waals surface area contributed by atoms with E-state index in [0.717, 1.165) is 0 Å². The highest BCUT2D eigenvalue weighted by Crippen LogP contribution is 2.27. The molecule has 1 heterocycles. The Labute approximate surface area is 157 Å². The molecule has 1 unspecified atom stereocenters. The Balaban J connectivity index is 2.18. The first-order valence-corrected chi connectivity index (χ1v) is 9.05. The van der Waals surface area contributed by atoms with E-state index in [1.54, 1.807) is 0 Å². The number of benzene rings is 1. The van der Waals surface area contributed by atoms with Gasteiger partial charge in [0.1, 0.15) is 6.07 Å². The zero-order valence-electron chi connectivity index (χ0n) is 16.9. The predicted octanol–water partition coefficient (Wildman–Crippen LogP) is 4.68. The molecule has 0 radical (unpaired) electrons. The van der Waals surface area contributed by atoms with Crippen LogP contribution in [0.2, 0.25) is 0 Å². The van der Waals surface area contributed by atoms with Crippen LogP contribution >= 0.6 is 0 Å². The van der Waals surface area contributed by atoms with Crippen LogP contribution in [0.3, 0.4) is 0 Å². The lowest BCUT2D eigenvalue weighted by Crippen LogP contribution is -2.27. The Morgan fingerprint density at radius 3 is 2.27 bits per heavy atom. The molecule has 1 N–H and O–H groups in total. The van der Waals surface area contributed by atoms with Gasteiger partial charge in [-0.05, 0) is 30.6 Å². The largest absolute Gasteiger partial charge is 0.424 e. The second kappa shape index (κ2) is 7.92. The fourth-order valence-corrected chi connectivity index (χ4v) is 2.77. The highest BCUT2D eigenvalue weighted by atomic mass is 16.4. The highest BCUT2D eigenvalue weighted by Gasteiger charge is 2.20. The third kappa shape index (κ3) is 4.64. The van der Waals surface area contributed by atoms with Crippen LogP contribution < -0.4 is 5.32 Å². The summed E-state index contributed by atoms with van der Waals surface area (Å²) in [7, 11) is 4.10. The maximum atomic E-state index is 9.29. The summed E-state index contributed by atoms with van der Waals surface area (Å²) in [5.74, 6) is 1.18. The molecule has 0 spiro atoms. The van der Waals surface area contributed by atoms with E-state index < -0.39 is 0 Å². The van der Waals surface area contributed by atoms with E-state index in [2.05, 4.69) is 80.4 Å². The van der Waals surface area contributed by atoms with Crippen LogP contribution in [0.15, 0.2) is 28.7 Å². The van der Waals surface area contributed by atoms with Crippen LogP contribution in [0.5, 0.6) is 0 Å². The Hall–Kier alpha value is -2.32. The van der Waals surface area contributed by atoms with Crippen molar-refractivity contribution in [3.8, 4) is 6.07 Å². The van der Waals surface area contributed by atoms with Gasteiger partial charge in [0.15, 0.2) is 0 Å². The van der Waals surface area contributed by atoms with Crippen molar-refractivity contribution in [1.82, 2.24) is 9.88 Å². The summed E-state index contributed by atoms with van der Waals surface area (Å²) in [4.78, 5) is 6.42. The van der Waals surface area contributed by atoms with Crippen LogP contribution in [0.4, 0.5) is 5.88 Å². The van der Waals surface area contributed by atoms with Gasteiger partial charge in [0, 0.05) is 12.5 Å². The monoisotopic (exact) mass is 354 g/mol. The molecule has 5 nitrogen and oxygen atoms in total. The second-order valence-corrected chi connectivity index (χ2v) is 8.23. The highest BCUT2D eigenvalue weighted by molar-refractivity contribution is 5.46. The van der Waals surface area contributed by atoms with Crippen molar-refractivity contribution >= 4 is 5.88 Å². The van der Waals surface area contributed by atoms with Crippen molar-refractivity contribution < 1.29 is 4.42 Å². The molecule has 5 heteroatoms. The molecule has 0 amide bonds. The van der Waals surface area contributed by atoms with Crippen molar-refractivity contribution in [2.45, 2.75) is 52.0 Å². The van der Waals surface area contributed by atoms with E-state index in [0.29, 0.717) is 24.0 Å². The average molecular weight is 354 g/mol. The summed E-state index contributed by atoms with van der Waals surface area (Å²) in [6.07, 6.45) is 0. The third-order valence-electron chi connectivity index (χ3n) is 4.48. The van der Waals surface area contributed by atoms with Crippen molar-refractivity contribution in [1.29, 1.82) is 5.26 Å². The summed E-state index contributed by atoms with van der Waals surface area (Å²) >= 11 is 0. The zero-order chi connectivity index (χ0) is 19.5. The van der Waals surface area contributed by atoms with Gasteiger partial charge in [-0.3, -0.25) is 0 Å². The molecule has 0 bridgehead atoms. The zero-order valence-corrected chi connectivity index (χ0v) is 16.9. The number of nitrogens with one attached hydrogen (secondary N) is 1. The van der Waals surface area contributed by atoms with E-state index in [1.165, 1.54) is 11.1 Å². The molecule has 0 saturated carbocycles. The van der Waals surface area contributed by atoms with E-state index in [-0.39, 0.29) is 17.4 Å². The maximum absolute atomic E-state index is 9.29. The van der Waals surface area contributed by atoms with Crippen LogP contribution in [-0.2, 0) is 5.41 Å². The quantitative estimate of drug-likeness (QED) is 0.816. The molecule has 0 aliphatic carbocycles. The normalized spacial score (nSPS) is 13.1. The molecule has 0 fully saturated rings. The lowest BCUT2D eigenvalue weighted by atomic mass is 9.86. The molecular formula is C21H30N4O. The number of nitrogens with zero attached hydrogens (tertiary/aromatic N) is 3.